The summed E-state index contributed by atoms with van der Waals surface area (Å²) >= 11 is 7.15. The highest BCUT2D eigenvalue weighted by Crippen LogP contribution is 2.38. The zero-order valence-corrected chi connectivity index (χ0v) is 11.6. The van der Waals surface area contributed by atoms with Gasteiger partial charge in [0.25, 0.3) is 0 Å². The summed E-state index contributed by atoms with van der Waals surface area (Å²) in [7, 11) is 0. The van der Waals surface area contributed by atoms with Crippen LogP contribution >= 0.6 is 23.4 Å². The Bertz CT molecular complexity index is 849. The highest BCUT2D eigenvalue weighted by molar-refractivity contribution is 7.99. The van der Waals surface area contributed by atoms with E-state index >= 15 is 0 Å². The van der Waals surface area contributed by atoms with Gasteiger partial charge >= 0.3 is 5.69 Å². The predicted octanol–water partition coefficient (Wildman–Crippen LogP) is 1.38. The molecule has 0 radical (unpaired) electrons. The van der Waals surface area contributed by atoms with Crippen LogP contribution in [-0.4, -0.2) is 34.7 Å². The predicted molar refractivity (Wildman–Crippen MR) is 71.9 cm³/mol. The topological polar surface area (TPSA) is 105 Å². The fourth-order valence-electron chi connectivity index (χ4n) is 1.96. The van der Waals surface area contributed by atoms with Crippen molar-refractivity contribution < 1.29 is 0 Å². The summed E-state index contributed by atoms with van der Waals surface area (Å²) in [4.78, 5) is 27.0. The molecule has 1 fully saturated rings. The molecule has 1 aliphatic rings. The number of imidazole rings is 1. The molecule has 0 saturated heterocycles. The Morgan fingerprint density at radius 2 is 2.25 bits per heavy atom. The van der Waals surface area contributed by atoms with Gasteiger partial charge in [-0.25, -0.2) is 19.9 Å². The lowest BCUT2D eigenvalue weighted by Crippen LogP contribution is -2.16. The molecule has 2 N–H and O–H groups in total. The number of rotatable bonds is 3. The molecule has 3 heterocycles. The zero-order valence-electron chi connectivity index (χ0n) is 10.00. The smallest absolute Gasteiger partial charge is 0.341 e. The summed E-state index contributed by atoms with van der Waals surface area (Å²) in [5.74, 6) is 0. The number of nitrogens with one attached hydrogen (secondary N) is 2. The van der Waals surface area contributed by atoms with Gasteiger partial charge in [0.05, 0.1) is 6.33 Å². The molecule has 3 aromatic heterocycles. The minimum Gasteiger partial charge on any atom is -0.341 e. The second kappa shape index (κ2) is 4.32. The van der Waals surface area contributed by atoms with Crippen LogP contribution in [0, 0.1) is 0 Å². The Hall–Kier alpha value is -1.87. The van der Waals surface area contributed by atoms with E-state index in [0.717, 1.165) is 12.8 Å². The number of H-pyrrole nitrogens is 2. The Kier molecular flexibility index (Phi) is 2.57. The molecule has 0 bridgehead atoms. The SMILES string of the molecule is O=c1[nH]nc(Sc2nc(Cl)nc3nc[nH]c23)n1C1CC1. The van der Waals surface area contributed by atoms with E-state index in [-0.39, 0.29) is 17.0 Å². The molecule has 0 amide bonds. The molecule has 0 spiro atoms. The van der Waals surface area contributed by atoms with Crippen LogP contribution in [0.5, 0.6) is 0 Å². The highest BCUT2D eigenvalue weighted by Gasteiger charge is 2.29. The Morgan fingerprint density at radius 1 is 1.40 bits per heavy atom. The minimum atomic E-state index is -0.198. The lowest BCUT2D eigenvalue weighted by molar-refractivity contribution is 0.642. The van der Waals surface area contributed by atoms with Crippen LogP contribution in [0.2, 0.25) is 5.28 Å². The van der Waals surface area contributed by atoms with Crippen LogP contribution in [0.4, 0.5) is 0 Å². The molecule has 1 aliphatic carbocycles. The van der Waals surface area contributed by atoms with Gasteiger partial charge < -0.3 is 4.98 Å². The van der Waals surface area contributed by atoms with E-state index in [9.17, 15) is 4.79 Å². The van der Waals surface area contributed by atoms with Gasteiger partial charge in [-0.15, -0.1) is 5.10 Å². The minimum absolute atomic E-state index is 0.114. The molecule has 10 heteroatoms. The standard InChI is InChI=1S/C10H8ClN7OS/c11-8-14-6-5(12-3-13-6)7(15-8)20-10-17-16-9(19)18(10)4-1-2-4/h3-4H,1-2H2,(H,16,19)(H,12,13,14,15). The molecule has 20 heavy (non-hydrogen) atoms. The fourth-order valence-corrected chi connectivity index (χ4v) is 3.15. The summed E-state index contributed by atoms with van der Waals surface area (Å²) in [5, 5.41) is 7.80. The van der Waals surface area contributed by atoms with E-state index in [1.54, 1.807) is 4.57 Å². The fraction of sp³-hybridized carbons (Fsp3) is 0.300. The molecule has 0 aliphatic heterocycles. The maximum Gasteiger partial charge on any atom is 0.344 e. The van der Waals surface area contributed by atoms with Crippen molar-refractivity contribution in [3.8, 4) is 0 Å². The van der Waals surface area contributed by atoms with Gasteiger partial charge in [0.1, 0.15) is 10.5 Å². The van der Waals surface area contributed by atoms with Crippen molar-refractivity contribution in [3.05, 3.63) is 22.1 Å². The largest absolute Gasteiger partial charge is 0.344 e. The van der Waals surface area contributed by atoms with E-state index in [1.807, 2.05) is 0 Å². The van der Waals surface area contributed by atoms with E-state index in [4.69, 9.17) is 11.6 Å². The number of fused-ring (bicyclic) bond motifs is 1. The van der Waals surface area contributed by atoms with Crippen molar-refractivity contribution in [1.82, 2.24) is 34.7 Å². The van der Waals surface area contributed by atoms with Crippen molar-refractivity contribution in [2.75, 3.05) is 0 Å². The number of hydrogen-bond donors (Lipinski definition) is 2. The Labute approximate surface area is 121 Å². The second-order valence-electron chi connectivity index (χ2n) is 4.41. The number of nitrogens with zero attached hydrogens (tertiary/aromatic N) is 5. The van der Waals surface area contributed by atoms with Gasteiger partial charge in [0.15, 0.2) is 10.8 Å². The highest BCUT2D eigenvalue weighted by atomic mass is 35.5. The molecule has 102 valence electrons. The van der Waals surface area contributed by atoms with Crippen molar-refractivity contribution >= 4 is 34.5 Å². The lowest BCUT2D eigenvalue weighted by Gasteiger charge is -2.03. The third-order valence-electron chi connectivity index (χ3n) is 3.00. The lowest BCUT2D eigenvalue weighted by atomic mass is 10.6. The number of hydrogen-bond acceptors (Lipinski definition) is 6. The van der Waals surface area contributed by atoms with Gasteiger partial charge in [0, 0.05) is 6.04 Å². The number of aromatic nitrogens is 7. The number of aromatic amines is 2. The Balaban J connectivity index is 1.81. The Morgan fingerprint density at radius 3 is 3.05 bits per heavy atom. The molecule has 0 aromatic carbocycles. The quantitative estimate of drug-likeness (QED) is 0.559. The van der Waals surface area contributed by atoms with Gasteiger partial charge in [-0.05, 0) is 36.2 Å². The van der Waals surface area contributed by atoms with E-state index < -0.39 is 0 Å². The molecular weight excluding hydrogens is 302 g/mol. The van der Waals surface area contributed by atoms with Crippen LogP contribution < -0.4 is 5.69 Å². The van der Waals surface area contributed by atoms with Crippen molar-refractivity contribution in [2.24, 2.45) is 0 Å². The second-order valence-corrected chi connectivity index (χ2v) is 5.71. The first kappa shape index (κ1) is 11.9. The van der Waals surface area contributed by atoms with Crippen molar-refractivity contribution in [1.29, 1.82) is 0 Å². The summed E-state index contributed by atoms with van der Waals surface area (Å²) < 4.78 is 1.66. The maximum absolute atomic E-state index is 11.7. The first-order valence-electron chi connectivity index (χ1n) is 5.94. The molecule has 0 unspecified atom stereocenters. The normalized spacial score (nSPS) is 15.1. The first-order valence-corrected chi connectivity index (χ1v) is 7.13. The van der Waals surface area contributed by atoms with Gasteiger partial charge in [-0.3, -0.25) is 4.57 Å². The van der Waals surface area contributed by atoms with Crippen LogP contribution in [-0.2, 0) is 0 Å². The summed E-state index contributed by atoms with van der Waals surface area (Å²) in [6, 6.07) is 0.235. The summed E-state index contributed by atoms with van der Waals surface area (Å²) in [6.07, 6.45) is 3.52. The molecule has 0 atom stereocenters. The zero-order chi connectivity index (χ0) is 13.7. The average Bonchev–Trinajstić information content (AvgIpc) is 3.01. The van der Waals surface area contributed by atoms with Crippen molar-refractivity contribution in [3.63, 3.8) is 0 Å². The monoisotopic (exact) mass is 309 g/mol. The molecule has 4 rings (SSSR count). The first-order chi connectivity index (χ1) is 9.72. The molecule has 1 saturated carbocycles. The molecular formula is C10H8ClN7OS. The van der Waals surface area contributed by atoms with Crippen LogP contribution in [0.25, 0.3) is 11.2 Å². The summed E-state index contributed by atoms with van der Waals surface area (Å²) in [5.41, 5.74) is 0.969. The molecule has 3 aromatic rings. The van der Waals surface area contributed by atoms with Gasteiger partial charge in [0.2, 0.25) is 5.28 Å². The van der Waals surface area contributed by atoms with Gasteiger partial charge in [-0.2, -0.15) is 4.98 Å². The van der Waals surface area contributed by atoms with E-state index in [2.05, 4.69) is 30.1 Å². The third kappa shape index (κ3) is 1.90. The van der Waals surface area contributed by atoms with Crippen LogP contribution in [0.3, 0.4) is 0 Å². The van der Waals surface area contributed by atoms with Crippen LogP contribution in [0.1, 0.15) is 18.9 Å². The average molecular weight is 310 g/mol. The van der Waals surface area contributed by atoms with Gasteiger partial charge in [-0.1, -0.05) is 0 Å². The van der Waals surface area contributed by atoms with E-state index in [1.165, 1.54) is 18.1 Å². The summed E-state index contributed by atoms with van der Waals surface area (Å²) in [6.45, 7) is 0. The number of halogens is 1. The maximum atomic E-state index is 11.7. The van der Waals surface area contributed by atoms with Crippen LogP contribution in [0.15, 0.2) is 21.3 Å². The van der Waals surface area contributed by atoms with E-state index in [0.29, 0.717) is 21.3 Å². The molecule has 8 nitrogen and oxygen atoms in total. The van der Waals surface area contributed by atoms with Crippen molar-refractivity contribution in [2.45, 2.75) is 29.1 Å². The third-order valence-corrected chi connectivity index (χ3v) is 4.13.